The average molecular weight is 684 g/mol. The van der Waals surface area contributed by atoms with E-state index in [9.17, 15) is 0 Å². The van der Waals surface area contributed by atoms with Crippen molar-refractivity contribution in [3.8, 4) is 39.1 Å². The van der Waals surface area contributed by atoms with Crippen molar-refractivity contribution in [2.24, 2.45) is 0 Å². The molecule has 0 unspecified atom stereocenters. The molecule has 0 radical (unpaired) electrons. The van der Waals surface area contributed by atoms with E-state index in [1.165, 1.54) is 101 Å². The molecule has 238 valence electrons. The first-order valence-corrected chi connectivity index (χ1v) is 19.0. The lowest BCUT2D eigenvalue weighted by Crippen LogP contribution is -1.94. The molecule has 0 atom stereocenters. The minimum absolute atomic E-state index is 1.22. The molecule has 0 fully saturated rings. The van der Waals surface area contributed by atoms with E-state index in [4.69, 9.17) is 0 Å². The molecule has 0 saturated heterocycles. The molecule has 0 amide bonds. The van der Waals surface area contributed by atoms with Gasteiger partial charge in [0.05, 0.1) is 21.4 Å². The summed E-state index contributed by atoms with van der Waals surface area (Å²) in [6.07, 6.45) is 0. The third-order valence-electron chi connectivity index (χ3n) is 10.4. The van der Waals surface area contributed by atoms with E-state index in [0.717, 1.165) is 0 Å². The van der Waals surface area contributed by atoms with Crippen LogP contribution in [0.25, 0.3) is 101 Å². The summed E-state index contributed by atoms with van der Waals surface area (Å²) in [5.41, 5.74) is 11.1. The van der Waals surface area contributed by atoms with Gasteiger partial charge in [-0.2, -0.15) is 0 Å². The summed E-state index contributed by atoms with van der Waals surface area (Å²) < 4.78 is 7.78. The number of rotatable bonds is 4. The van der Waals surface area contributed by atoms with Gasteiger partial charge in [-0.05, 0) is 88.0 Å². The highest BCUT2D eigenvalue weighted by Gasteiger charge is 2.18. The summed E-state index contributed by atoms with van der Waals surface area (Å²) >= 11 is 3.77. The molecule has 1 nitrogen and oxygen atoms in total. The maximum atomic E-state index is 2.49. The Morgan fingerprint density at radius 1 is 0.294 bits per heavy atom. The van der Waals surface area contributed by atoms with Crippen molar-refractivity contribution in [1.82, 2.24) is 4.57 Å². The van der Waals surface area contributed by atoms with E-state index in [2.05, 4.69) is 180 Å². The van der Waals surface area contributed by atoms with Gasteiger partial charge < -0.3 is 4.57 Å². The van der Waals surface area contributed by atoms with Crippen LogP contribution in [0.2, 0.25) is 0 Å². The molecular formula is C48H29NS2. The predicted molar refractivity (Wildman–Crippen MR) is 223 cm³/mol. The second-order valence-electron chi connectivity index (χ2n) is 13.3. The van der Waals surface area contributed by atoms with Gasteiger partial charge in [0, 0.05) is 46.4 Å². The van der Waals surface area contributed by atoms with E-state index in [1.807, 2.05) is 22.7 Å². The lowest BCUT2D eigenvalue weighted by Gasteiger charge is -2.10. The van der Waals surface area contributed by atoms with Crippen LogP contribution in [-0.2, 0) is 0 Å². The SMILES string of the molecule is c1ccc(-c2ccc3c(c2)c2cc(-c4ccccc4)ccc2n3-c2cccc3c2sc2ccc(-c4ccc5c(c4)sc4ccccc45)cc23)cc1. The van der Waals surface area contributed by atoms with Gasteiger partial charge >= 0.3 is 0 Å². The van der Waals surface area contributed by atoms with Gasteiger partial charge in [-0.25, -0.2) is 0 Å². The summed E-state index contributed by atoms with van der Waals surface area (Å²) in [7, 11) is 0. The molecule has 0 aliphatic rings. The van der Waals surface area contributed by atoms with Crippen molar-refractivity contribution in [1.29, 1.82) is 0 Å². The van der Waals surface area contributed by atoms with Crippen molar-refractivity contribution in [2.75, 3.05) is 0 Å². The molecule has 3 heteroatoms. The number of thiophene rings is 2. The van der Waals surface area contributed by atoms with Gasteiger partial charge in [0.2, 0.25) is 0 Å². The van der Waals surface area contributed by atoms with Crippen LogP contribution in [0, 0.1) is 0 Å². The van der Waals surface area contributed by atoms with E-state index >= 15 is 0 Å². The molecule has 0 N–H and O–H groups in total. The summed E-state index contributed by atoms with van der Waals surface area (Å²) in [5, 5.41) is 7.82. The first-order chi connectivity index (χ1) is 25.3. The number of aromatic nitrogens is 1. The van der Waals surface area contributed by atoms with Crippen LogP contribution in [0.1, 0.15) is 0 Å². The van der Waals surface area contributed by atoms with Gasteiger partial charge in [-0.15, -0.1) is 22.7 Å². The second kappa shape index (κ2) is 11.3. The molecule has 3 aromatic heterocycles. The van der Waals surface area contributed by atoms with Crippen molar-refractivity contribution in [2.45, 2.75) is 0 Å². The molecule has 11 rings (SSSR count). The molecule has 11 aromatic rings. The quantitative estimate of drug-likeness (QED) is 0.174. The van der Waals surface area contributed by atoms with Crippen LogP contribution < -0.4 is 0 Å². The standard InChI is InChI=1S/C48H29NS2/c1-3-10-30(11-4-1)32-19-23-42-39(26-32)40-27-33(31-12-5-2-6-13-31)20-24-43(40)49(42)44-16-9-15-38-41-28-34(21-25-46(41)51-48(38)44)35-18-22-37-36-14-7-8-17-45(36)50-47(37)29-35/h1-29H. The number of benzene rings is 8. The Morgan fingerprint density at radius 3 is 1.55 bits per heavy atom. The van der Waals surface area contributed by atoms with Crippen LogP contribution in [0.4, 0.5) is 0 Å². The predicted octanol–water partition coefficient (Wildman–Crippen LogP) is 14.5. The molecule has 51 heavy (non-hydrogen) atoms. The van der Waals surface area contributed by atoms with Gasteiger partial charge in [0.1, 0.15) is 0 Å². The van der Waals surface area contributed by atoms with Gasteiger partial charge in [-0.3, -0.25) is 0 Å². The molecule has 0 saturated carbocycles. The van der Waals surface area contributed by atoms with Gasteiger partial charge in [-0.1, -0.05) is 121 Å². The smallest absolute Gasteiger partial charge is 0.0640 e. The fraction of sp³-hybridized carbons (Fsp3) is 0. The Morgan fingerprint density at radius 2 is 0.824 bits per heavy atom. The zero-order valence-corrected chi connectivity index (χ0v) is 29.1. The fourth-order valence-electron chi connectivity index (χ4n) is 7.95. The molecule has 0 aliphatic heterocycles. The number of nitrogens with zero attached hydrogens (tertiary/aromatic N) is 1. The van der Waals surface area contributed by atoms with Crippen LogP contribution in [0.15, 0.2) is 176 Å². The van der Waals surface area contributed by atoms with Gasteiger partial charge in [0.15, 0.2) is 0 Å². The first-order valence-electron chi connectivity index (χ1n) is 17.3. The highest BCUT2D eigenvalue weighted by atomic mass is 32.1. The van der Waals surface area contributed by atoms with E-state index in [-0.39, 0.29) is 0 Å². The lowest BCUT2D eigenvalue weighted by atomic mass is 10.0. The summed E-state index contributed by atoms with van der Waals surface area (Å²) in [6.45, 7) is 0. The zero-order chi connectivity index (χ0) is 33.5. The van der Waals surface area contributed by atoms with E-state index in [0.29, 0.717) is 0 Å². The van der Waals surface area contributed by atoms with Crippen molar-refractivity contribution in [3.05, 3.63) is 176 Å². The maximum Gasteiger partial charge on any atom is 0.0640 e. The molecule has 8 aromatic carbocycles. The van der Waals surface area contributed by atoms with Crippen molar-refractivity contribution < 1.29 is 0 Å². The molecular weight excluding hydrogens is 655 g/mol. The number of hydrogen-bond acceptors (Lipinski definition) is 2. The Balaban J connectivity index is 1.11. The Labute approximate surface area is 302 Å². The molecule has 0 aliphatic carbocycles. The first kappa shape index (κ1) is 28.8. The molecule has 3 heterocycles. The largest absolute Gasteiger partial charge is 0.308 e. The zero-order valence-electron chi connectivity index (χ0n) is 27.5. The van der Waals surface area contributed by atoms with E-state index in [1.54, 1.807) is 0 Å². The Hall–Kier alpha value is -6.00. The third-order valence-corrected chi connectivity index (χ3v) is 12.8. The van der Waals surface area contributed by atoms with Crippen LogP contribution in [-0.4, -0.2) is 4.57 Å². The third kappa shape index (κ3) is 4.52. The highest BCUT2D eigenvalue weighted by molar-refractivity contribution is 7.26. The minimum atomic E-state index is 1.22. The average Bonchev–Trinajstić information content (AvgIpc) is 3.87. The molecule has 0 spiro atoms. The summed E-state index contributed by atoms with van der Waals surface area (Å²) in [4.78, 5) is 0. The normalized spacial score (nSPS) is 11.9. The monoisotopic (exact) mass is 683 g/mol. The van der Waals surface area contributed by atoms with Crippen molar-refractivity contribution in [3.63, 3.8) is 0 Å². The lowest BCUT2D eigenvalue weighted by molar-refractivity contribution is 1.20. The topological polar surface area (TPSA) is 4.93 Å². The Kier molecular flexibility index (Phi) is 6.36. The summed E-state index contributed by atoms with van der Waals surface area (Å²) in [5.74, 6) is 0. The van der Waals surface area contributed by atoms with Crippen molar-refractivity contribution >= 4 is 84.8 Å². The van der Waals surface area contributed by atoms with Crippen LogP contribution in [0.5, 0.6) is 0 Å². The van der Waals surface area contributed by atoms with E-state index < -0.39 is 0 Å². The maximum absolute atomic E-state index is 2.49. The highest BCUT2D eigenvalue weighted by Crippen LogP contribution is 2.44. The fourth-order valence-corrected chi connectivity index (χ4v) is 10.3. The number of fused-ring (bicyclic) bond motifs is 9. The van der Waals surface area contributed by atoms with Gasteiger partial charge in [0.25, 0.3) is 0 Å². The Bertz CT molecular complexity index is 3030. The van der Waals surface area contributed by atoms with Crippen LogP contribution in [0.3, 0.4) is 0 Å². The minimum Gasteiger partial charge on any atom is -0.308 e. The second-order valence-corrected chi connectivity index (χ2v) is 15.4. The summed E-state index contributed by atoms with van der Waals surface area (Å²) in [6, 6.07) is 64.9. The molecule has 0 bridgehead atoms. The van der Waals surface area contributed by atoms with Crippen LogP contribution >= 0.6 is 22.7 Å². The number of hydrogen-bond donors (Lipinski definition) is 0.